The first-order valence-electron chi connectivity index (χ1n) is 14.7. The Balaban J connectivity index is 1.52. The van der Waals surface area contributed by atoms with E-state index in [0.717, 1.165) is 5.57 Å². The lowest BCUT2D eigenvalue weighted by atomic mass is 9.44. The van der Waals surface area contributed by atoms with Crippen molar-refractivity contribution in [3.05, 3.63) is 119 Å². The number of phenolic OH excluding ortho intramolecular Hbond substituents is 1. The molecule has 0 aromatic heterocycles. The van der Waals surface area contributed by atoms with Gasteiger partial charge in [-0.1, -0.05) is 78.4 Å². The van der Waals surface area contributed by atoms with E-state index in [2.05, 4.69) is 0 Å². The number of aromatic hydroxyl groups is 1. The number of imide groups is 1. The molecule has 6 atom stereocenters. The maximum Gasteiger partial charge on any atom is 0.233 e. The molecular formula is C36H30FNO5. The number of carbonyl (C=O) groups is 4. The van der Waals surface area contributed by atoms with Crippen LogP contribution in [-0.2, 0) is 24.6 Å². The summed E-state index contributed by atoms with van der Waals surface area (Å²) < 4.78 is 15.1. The number of hydrogen-bond donors (Lipinski definition) is 1. The minimum absolute atomic E-state index is 0.199. The van der Waals surface area contributed by atoms with Gasteiger partial charge in [0, 0.05) is 24.0 Å². The number of carbonyl (C=O) groups excluding carboxylic acids is 4. The Morgan fingerprint density at radius 1 is 0.907 bits per heavy atom. The van der Waals surface area contributed by atoms with Crippen molar-refractivity contribution in [2.24, 2.45) is 23.7 Å². The third kappa shape index (κ3) is 3.76. The number of allylic oxidation sites excluding steroid dienone is 4. The van der Waals surface area contributed by atoms with Gasteiger partial charge in [0.1, 0.15) is 0 Å². The van der Waals surface area contributed by atoms with E-state index in [1.165, 1.54) is 23.1 Å². The zero-order valence-corrected chi connectivity index (χ0v) is 23.6. The van der Waals surface area contributed by atoms with Gasteiger partial charge in [-0.05, 0) is 60.6 Å². The number of ketones is 2. The predicted molar refractivity (Wildman–Crippen MR) is 157 cm³/mol. The minimum atomic E-state index is -1.43. The molecule has 1 N–H and O–H groups in total. The molecule has 0 spiro atoms. The number of fused-ring (bicyclic) bond motifs is 4. The van der Waals surface area contributed by atoms with Crippen molar-refractivity contribution >= 4 is 29.0 Å². The number of amides is 2. The molecule has 0 radical (unpaired) electrons. The second-order valence-electron chi connectivity index (χ2n) is 11.9. The SMILES string of the molecule is CCN1C(=O)[C@H]2[C@H](CC=C3[C@H]2C[C@H]2C(=O)C(c4ccccc4)=CC(=O)[C@@]2(c2ccccc2)[C@H]3c2ccc(O)c(F)c2)C1=O. The first-order chi connectivity index (χ1) is 20.8. The molecule has 1 aliphatic heterocycles. The average Bonchev–Trinajstić information content (AvgIpc) is 3.28. The third-order valence-electron chi connectivity index (χ3n) is 10.1. The van der Waals surface area contributed by atoms with E-state index in [4.69, 9.17) is 0 Å². The highest BCUT2D eigenvalue weighted by Gasteiger charge is 2.65. The summed E-state index contributed by atoms with van der Waals surface area (Å²) in [6, 6.07) is 22.3. The summed E-state index contributed by atoms with van der Waals surface area (Å²) in [5.74, 6) is -5.72. The summed E-state index contributed by atoms with van der Waals surface area (Å²) in [5.41, 5.74) is 1.34. The zero-order chi connectivity index (χ0) is 30.0. The maximum absolute atomic E-state index is 15.1. The molecule has 7 heteroatoms. The first-order valence-corrected chi connectivity index (χ1v) is 14.7. The highest BCUT2D eigenvalue weighted by atomic mass is 19.1. The van der Waals surface area contributed by atoms with E-state index in [1.807, 2.05) is 54.6 Å². The average molecular weight is 576 g/mol. The molecule has 3 aliphatic carbocycles. The number of Topliss-reactive ketones (excluding diaryl/α,β-unsaturated/α-hetero) is 1. The largest absolute Gasteiger partial charge is 0.505 e. The van der Waals surface area contributed by atoms with E-state index >= 15 is 4.39 Å². The van der Waals surface area contributed by atoms with Crippen LogP contribution in [0.25, 0.3) is 5.57 Å². The number of nitrogens with zero attached hydrogens (tertiary/aromatic N) is 1. The Morgan fingerprint density at radius 3 is 2.28 bits per heavy atom. The van der Waals surface area contributed by atoms with Gasteiger partial charge in [-0.3, -0.25) is 24.1 Å². The fraction of sp³-hybridized carbons (Fsp3) is 0.278. The Morgan fingerprint density at radius 2 is 1.60 bits per heavy atom. The summed E-state index contributed by atoms with van der Waals surface area (Å²) in [4.78, 5) is 57.8. The van der Waals surface area contributed by atoms with Crippen LogP contribution >= 0.6 is 0 Å². The molecule has 2 fully saturated rings. The van der Waals surface area contributed by atoms with Gasteiger partial charge in [-0.25, -0.2) is 4.39 Å². The topological polar surface area (TPSA) is 91.8 Å². The molecule has 4 aliphatic rings. The minimum Gasteiger partial charge on any atom is -0.505 e. The van der Waals surface area contributed by atoms with Gasteiger partial charge in [0.25, 0.3) is 0 Å². The summed E-state index contributed by atoms with van der Waals surface area (Å²) in [6.45, 7) is 2.03. The van der Waals surface area contributed by atoms with Crippen LogP contribution in [0.15, 0.2) is 96.6 Å². The molecule has 3 aromatic rings. The quantitative estimate of drug-likeness (QED) is 0.334. The molecule has 7 rings (SSSR count). The van der Waals surface area contributed by atoms with Crippen molar-refractivity contribution in [1.82, 2.24) is 4.90 Å². The molecule has 0 unspecified atom stereocenters. The molecule has 3 aromatic carbocycles. The van der Waals surface area contributed by atoms with Gasteiger partial charge in [-0.2, -0.15) is 0 Å². The summed E-state index contributed by atoms with van der Waals surface area (Å²) in [5, 5.41) is 10.1. The lowest BCUT2D eigenvalue weighted by Gasteiger charge is -2.55. The molecule has 6 nitrogen and oxygen atoms in total. The van der Waals surface area contributed by atoms with Crippen LogP contribution in [0.2, 0.25) is 0 Å². The van der Waals surface area contributed by atoms with E-state index in [9.17, 15) is 24.3 Å². The second-order valence-corrected chi connectivity index (χ2v) is 11.9. The van der Waals surface area contributed by atoms with Crippen LogP contribution < -0.4 is 0 Å². The highest BCUT2D eigenvalue weighted by Crippen LogP contribution is 2.63. The lowest BCUT2D eigenvalue weighted by Crippen LogP contribution is -2.58. The molecule has 43 heavy (non-hydrogen) atoms. The standard InChI is InChI=1S/C36H30FNO5/c1-2-38-34(42)24-15-14-23-26(31(24)35(38)43)18-27-33(41)25(20-9-5-3-6-10-20)19-30(40)36(27,22-11-7-4-8-12-22)32(23)21-13-16-29(39)28(37)17-21/h3-14,16-17,19,24,26-27,31-32,39H,2,15,18H2,1H3/t24-,26+,27-,31-,32-,36-/m0/s1. The van der Waals surface area contributed by atoms with Crippen LogP contribution in [0.3, 0.4) is 0 Å². The molecule has 1 saturated heterocycles. The molecule has 1 saturated carbocycles. The Hall–Kier alpha value is -4.65. The number of likely N-dealkylation sites (tertiary alicyclic amines) is 1. The monoisotopic (exact) mass is 575 g/mol. The van der Waals surface area contributed by atoms with Gasteiger partial charge >= 0.3 is 0 Å². The first kappa shape index (κ1) is 27.2. The van der Waals surface area contributed by atoms with Crippen molar-refractivity contribution in [1.29, 1.82) is 0 Å². The Labute approximate surface area is 248 Å². The number of hydrogen-bond acceptors (Lipinski definition) is 5. The van der Waals surface area contributed by atoms with Crippen LogP contribution in [0.5, 0.6) is 5.75 Å². The Bertz CT molecular complexity index is 1750. The summed E-state index contributed by atoms with van der Waals surface area (Å²) in [6.07, 6.45) is 3.89. The predicted octanol–water partition coefficient (Wildman–Crippen LogP) is 5.38. The van der Waals surface area contributed by atoms with Crippen molar-refractivity contribution in [2.45, 2.75) is 31.1 Å². The van der Waals surface area contributed by atoms with Crippen LogP contribution in [-0.4, -0.2) is 39.9 Å². The van der Waals surface area contributed by atoms with Crippen LogP contribution in [0, 0.1) is 29.5 Å². The Kier molecular flexibility index (Phi) is 6.31. The molecule has 1 heterocycles. The maximum atomic E-state index is 15.1. The molecular weight excluding hydrogens is 545 g/mol. The van der Waals surface area contributed by atoms with E-state index in [1.54, 1.807) is 25.1 Å². The van der Waals surface area contributed by atoms with E-state index in [-0.39, 0.29) is 36.3 Å². The van der Waals surface area contributed by atoms with Gasteiger partial charge in [0.15, 0.2) is 23.1 Å². The van der Waals surface area contributed by atoms with Gasteiger partial charge in [0.2, 0.25) is 11.8 Å². The van der Waals surface area contributed by atoms with Gasteiger partial charge < -0.3 is 5.11 Å². The van der Waals surface area contributed by atoms with Crippen LogP contribution in [0.4, 0.5) is 4.39 Å². The summed E-state index contributed by atoms with van der Waals surface area (Å²) >= 11 is 0. The fourth-order valence-corrected chi connectivity index (χ4v) is 8.33. The number of halogens is 1. The summed E-state index contributed by atoms with van der Waals surface area (Å²) in [7, 11) is 0. The van der Waals surface area contributed by atoms with Gasteiger partial charge in [0.05, 0.1) is 17.3 Å². The van der Waals surface area contributed by atoms with E-state index in [0.29, 0.717) is 28.7 Å². The van der Waals surface area contributed by atoms with Crippen molar-refractivity contribution in [3.63, 3.8) is 0 Å². The van der Waals surface area contributed by atoms with Crippen LogP contribution in [0.1, 0.15) is 42.4 Å². The van der Waals surface area contributed by atoms with Gasteiger partial charge in [-0.15, -0.1) is 0 Å². The molecule has 0 bridgehead atoms. The normalized spacial score (nSPS) is 29.9. The third-order valence-corrected chi connectivity index (χ3v) is 10.1. The van der Waals surface area contributed by atoms with E-state index < -0.39 is 46.6 Å². The van der Waals surface area contributed by atoms with Crippen molar-refractivity contribution in [2.75, 3.05) is 6.54 Å². The smallest absolute Gasteiger partial charge is 0.233 e. The number of phenols is 1. The molecule has 2 amide bonds. The molecule has 216 valence electrons. The van der Waals surface area contributed by atoms with Crippen molar-refractivity contribution < 1.29 is 28.7 Å². The number of benzene rings is 3. The number of rotatable bonds is 4. The fourth-order valence-electron chi connectivity index (χ4n) is 8.33. The zero-order valence-electron chi connectivity index (χ0n) is 23.6. The lowest BCUT2D eigenvalue weighted by molar-refractivity contribution is -0.140. The second kappa shape index (κ2) is 9.97. The highest BCUT2D eigenvalue weighted by molar-refractivity contribution is 6.31. The van der Waals surface area contributed by atoms with Crippen molar-refractivity contribution in [3.8, 4) is 5.75 Å².